The molecule has 0 radical (unpaired) electrons. The van der Waals surface area contributed by atoms with Crippen molar-refractivity contribution in [2.75, 3.05) is 4.90 Å². The monoisotopic (exact) mass is 437 g/mol. The van der Waals surface area contributed by atoms with Gasteiger partial charge in [0.1, 0.15) is 12.4 Å². The molecule has 0 unspecified atom stereocenters. The molecule has 3 aromatic rings. The van der Waals surface area contributed by atoms with Crippen molar-refractivity contribution in [3.05, 3.63) is 99.9 Å². The summed E-state index contributed by atoms with van der Waals surface area (Å²) in [6.45, 7) is 0.343. The lowest BCUT2D eigenvalue weighted by molar-refractivity contribution is -0.113. The van der Waals surface area contributed by atoms with Crippen molar-refractivity contribution in [1.29, 1.82) is 0 Å². The minimum absolute atomic E-state index is 0.132. The summed E-state index contributed by atoms with van der Waals surface area (Å²) in [5.74, 6) is 0.546. The highest BCUT2D eigenvalue weighted by Gasteiger charge is 2.33. The number of carbonyl (C=O) groups is 1. The third-order valence-corrected chi connectivity index (χ3v) is 6.03. The molecule has 4 rings (SSSR count). The van der Waals surface area contributed by atoms with Gasteiger partial charge in [0.15, 0.2) is 4.32 Å². The van der Waals surface area contributed by atoms with Crippen LogP contribution < -0.4 is 9.64 Å². The maximum atomic E-state index is 12.9. The van der Waals surface area contributed by atoms with Crippen LogP contribution in [0.15, 0.2) is 83.8 Å². The van der Waals surface area contributed by atoms with E-state index in [2.05, 4.69) is 0 Å². The third kappa shape index (κ3) is 4.37. The number of thioether (sulfide) groups is 1. The minimum Gasteiger partial charge on any atom is -0.488 e. The molecule has 1 aliphatic rings. The largest absolute Gasteiger partial charge is 0.488 e. The number of nitrogens with zero attached hydrogens (tertiary/aromatic N) is 1. The fraction of sp³-hybridized carbons (Fsp3) is 0.0435. The summed E-state index contributed by atoms with van der Waals surface area (Å²) in [6, 6.07) is 24.6. The molecule has 1 fully saturated rings. The summed E-state index contributed by atoms with van der Waals surface area (Å²) in [5.41, 5.74) is 2.48. The second-order valence-corrected chi connectivity index (χ2v) is 8.35. The topological polar surface area (TPSA) is 29.5 Å². The molecule has 0 bridgehead atoms. The van der Waals surface area contributed by atoms with Gasteiger partial charge in [-0.3, -0.25) is 9.69 Å². The van der Waals surface area contributed by atoms with E-state index in [0.29, 0.717) is 26.6 Å². The molecule has 144 valence electrons. The highest BCUT2D eigenvalue weighted by Crippen LogP contribution is 2.37. The molecule has 0 aliphatic carbocycles. The van der Waals surface area contributed by atoms with Crippen LogP contribution in [0.4, 0.5) is 5.69 Å². The van der Waals surface area contributed by atoms with Crippen molar-refractivity contribution in [2.45, 2.75) is 6.61 Å². The molecule has 3 nitrogen and oxygen atoms in total. The summed E-state index contributed by atoms with van der Waals surface area (Å²) in [4.78, 5) is 15.1. The Hall–Kier alpha value is -2.60. The van der Waals surface area contributed by atoms with E-state index in [4.69, 9.17) is 28.6 Å². The summed E-state index contributed by atoms with van der Waals surface area (Å²) < 4.78 is 6.51. The first-order valence-electron chi connectivity index (χ1n) is 8.92. The van der Waals surface area contributed by atoms with E-state index < -0.39 is 0 Å². The van der Waals surface area contributed by atoms with E-state index in [-0.39, 0.29) is 5.91 Å². The van der Waals surface area contributed by atoms with E-state index in [1.54, 1.807) is 4.90 Å². The standard InChI is InChI=1S/C23H16ClNO2S2/c24-19-12-6-4-9-17(19)15-27-20-13-7-5-8-16(20)14-21-22(26)25(23(28)29-21)18-10-2-1-3-11-18/h1-14H,15H2. The number of carbonyl (C=O) groups excluding carboxylic acids is 1. The summed E-state index contributed by atoms with van der Waals surface area (Å²) in [6.07, 6.45) is 1.82. The van der Waals surface area contributed by atoms with Gasteiger partial charge in [-0.15, -0.1) is 0 Å². The Morgan fingerprint density at radius 3 is 2.45 bits per heavy atom. The number of halogens is 1. The molecule has 1 amide bonds. The molecule has 0 spiro atoms. The van der Waals surface area contributed by atoms with Gasteiger partial charge in [0.05, 0.1) is 10.6 Å². The summed E-state index contributed by atoms with van der Waals surface area (Å²) in [7, 11) is 0. The highest BCUT2D eigenvalue weighted by atomic mass is 35.5. The van der Waals surface area contributed by atoms with Crippen molar-refractivity contribution in [3.63, 3.8) is 0 Å². The Balaban J connectivity index is 1.58. The number of rotatable bonds is 5. The number of hydrogen-bond donors (Lipinski definition) is 0. The average Bonchev–Trinajstić information content (AvgIpc) is 3.02. The number of para-hydroxylation sites is 2. The van der Waals surface area contributed by atoms with Crippen LogP contribution in [0, 0.1) is 0 Å². The number of amides is 1. The zero-order valence-corrected chi connectivity index (χ0v) is 17.6. The number of benzene rings is 3. The van der Waals surface area contributed by atoms with E-state index >= 15 is 0 Å². The van der Waals surface area contributed by atoms with Crippen molar-refractivity contribution >= 4 is 57.6 Å². The van der Waals surface area contributed by atoms with Gasteiger partial charge < -0.3 is 4.74 Å². The molecule has 0 aromatic heterocycles. The Kier molecular flexibility index (Phi) is 6.00. The Labute approximate surface area is 183 Å². The maximum absolute atomic E-state index is 12.9. The van der Waals surface area contributed by atoms with Gasteiger partial charge in [-0.05, 0) is 30.3 Å². The molecule has 1 aliphatic heterocycles. The fourth-order valence-electron chi connectivity index (χ4n) is 2.91. The van der Waals surface area contributed by atoms with Crippen LogP contribution in [-0.2, 0) is 11.4 Å². The summed E-state index contributed by atoms with van der Waals surface area (Å²) in [5, 5.41) is 0.661. The van der Waals surface area contributed by atoms with Crippen LogP contribution in [0.1, 0.15) is 11.1 Å². The van der Waals surface area contributed by atoms with Crippen LogP contribution in [0.2, 0.25) is 5.02 Å². The molecule has 1 heterocycles. The van der Waals surface area contributed by atoms with Gasteiger partial charge >= 0.3 is 0 Å². The lowest BCUT2D eigenvalue weighted by Gasteiger charge is -2.14. The van der Waals surface area contributed by atoms with Gasteiger partial charge in [0, 0.05) is 16.1 Å². The van der Waals surface area contributed by atoms with E-state index in [1.807, 2.05) is 84.9 Å². The second-order valence-electron chi connectivity index (χ2n) is 6.27. The van der Waals surface area contributed by atoms with Crippen LogP contribution in [0.3, 0.4) is 0 Å². The zero-order valence-electron chi connectivity index (χ0n) is 15.2. The van der Waals surface area contributed by atoms with Gasteiger partial charge in [0.2, 0.25) is 0 Å². The molecular formula is C23H16ClNO2S2. The Morgan fingerprint density at radius 2 is 1.66 bits per heavy atom. The summed E-state index contributed by atoms with van der Waals surface area (Å²) >= 11 is 12.9. The number of anilines is 1. The third-order valence-electron chi connectivity index (χ3n) is 4.35. The van der Waals surface area contributed by atoms with E-state index in [1.165, 1.54) is 11.8 Å². The normalized spacial score (nSPS) is 15.2. The van der Waals surface area contributed by atoms with Gasteiger partial charge in [-0.1, -0.05) is 90.2 Å². The first-order chi connectivity index (χ1) is 14.1. The van der Waals surface area contributed by atoms with Crippen LogP contribution in [0.25, 0.3) is 6.08 Å². The van der Waals surface area contributed by atoms with Crippen molar-refractivity contribution in [1.82, 2.24) is 0 Å². The van der Waals surface area contributed by atoms with Gasteiger partial charge in [0.25, 0.3) is 5.91 Å². The molecule has 0 saturated carbocycles. The smallest absolute Gasteiger partial charge is 0.270 e. The SMILES string of the molecule is O=C1C(=Cc2ccccc2OCc2ccccc2Cl)SC(=S)N1c1ccccc1. The fourth-order valence-corrected chi connectivity index (χ4v) is 4.39. The van der Waals surface area contributed by atoms with E-state index in [9.17, 15) is 4.79 Å². The minimum atomic E-state index is -0.132. The Bertz CT molecular complexity index is 1100. The number of thiocarbonyl (C=S) groups is 1. The first kappa shape index (κ1) is 19.7. The molecular weight excluding hydrogens is 422 g/mol. The maximum Gasteiger partial charge on any atom is 0.270 e. The lowest BCUT2D eigenvalue weighted by atomic mass is 10.1. The van der Waals surface area contributed by atoms with Crippen LogP contribution in [-0.4, -0.2) is 10.2 Å². The van der Waals surface area contributed by atoms with Crippen molar-refractivity contribution in [2.24, 2.45) is 0 Å². The molecule has 6 heteroatoms. The molecule has 1 saturated heterocycles. The van der Waals surface area contributed by atoms with E-state index in [0.717, 1.165) is 16.8 Å². The molecule has 3 aromatic carbocycles. The average molecular weight is 438 g/mol. The lowest BCUT2D eigenvalue weighted by Crippen LogP contribution is -2.27. The van der Waals surface area contributed by atoms with Gasteiger partial charge in [-0.2, -0.15) is 0 Å². The Morgan fingerprint density at radius 1 is 0.966 bits per heavy atom. The van der Waals surface area contributed by atoms with Crippen LogP contribution >= 0.6 is 35.6 Å². The van der Waals surface area contributed by atoms with Gasteiger partial charge in [-0.25, -0.2) is 0 Å². The first-order valence-corrected chi connectivity index (χ1v) is 10.5. The number of ether oxygens (including phenoxy) is 1. The second kappa shape index (κ2) is 8.82. The van der Waals surface area contributed by atoms with Crippen molar-refractivity contribution < 1.29 is 9.53 Å². The highest BCUT2D eigenvalue weighted by molar-refractivity contribution is 8.27. The van der Waals surface area contributed by atoms with Crippen LogP contribution in [0.5, 0.6) is 5.75 Å². The number of hydrogen-bond acceptors (Lipinski definition) is 4. The molecule has 0 atom stereocenters. The predicted molar refractivity (Wildman–Crippen MR) is 124 cm³/mol. The van der Waals surface area contributed by atoms with Crippen molar-refractivity contribution in [3.8, 4) is 5.75 Å². The zero-order chi connectivity index (χ0) is 20.2. The molecule has 0 N–H and O–H groups in total. The quantitative estimate of drug-likeness (QED) is 0.345. The molecule has 29 heavy (non-hydrogen) atoms. The predicted octanol–water partition coefficient (Wildman–Crippen LogP) is 6.32.